The Bertz CT molecular complexity index is 975. The number of nitrogens with zero attached hydrogens (tertiary/aromatic N) is 5. The highest BCUT2D eigenvalue weighted by Gasteiger charge is 2.18. The summed E-state index contributed by atoms with van der Waals surface area (Å²) in [6.45, 7) is 12.7. The lowest BCUT2D eigenvalue weighted by molar-refractivity contribution is -0.130. The number of amides is 1. The fourth-order valence-electron chi connectivity index (χ4n) is 3.25. The van der Waals surface area contributed by atoms with Gasteiger partial charge in [0.2, 0.25) is 11.9 Å². The van der Waals surface area contributed by atoms with Crippen LogP contribution in [-0.4, -0.2) is 70.9 Å². The minimum absolute atomic E-state index is 0.131. The van der Waals surface area contributed by atoms with E-state index in [1.165, 1.54) is 0 Å². The second kappa shape index (κ2) is 13.5. The van der Waals surface area contributed by atoms with Gasteiger partial charge in [-0.2, -0.15) is 0 Å². The zero-order chi connectivity index (χ0) is 24.2. The normalized spacial score (nSPS) is 14.5. The number of allylic oxidation sites excluding steroid dienone is 4. The molecule has 33 heavy (non-hydrogen) atoms. The summed E-state index contributed by atoms with van der Waals surface area (Å²) < 4.78 is 0. The summed E-state index contributed by atoms with van der Waals surface area (Å²) in [7, 11) is 3.75. The van der Waals surface area contributed by atoms with Crippen LogP contribution in [0.5, 0.6) is 0 Å². The number of hydrogen-bond acceptors (Lipinski definition) is 8. The maximum atomic E-state index is 11.5. The van der Waals surface area contributed by atoms with E-state index in [9.17, 15) is 4.79 Å². The van der Waals surface area contributed by atoms with Gasteiger partial charge < -0.3 is 20.4 Å². The first kappa shape index (κ1) is 26.2. The van der Waals surface area contributed by atoms with Crippen LogP contribution in [0, 0.1) is 6.92 Å². The van der Waals surface area contributed by atoms with Gasteiger partial charge >= 0.3 is 0 Å². The van der Waals surface area contributed by atoms with Crippen molar-refractivity contribution in [3.05, 3.63) is 59.7 Å². The van der Waals surface area contributed by atoms with Gasteiger partial charge in [0, 0.05) is 50.7 Å². The fraction of sp³-hybridized carbons (Fsp3) is 0.417. The molecule has 3 rings (SSSR count). The molecular weight excluding hydrogens is 434 g/mol. The van der Waals surface area contributed by atoms with Crippen LogP contribution in [0.25, 0.3) is 10.6 Å². The zero-order valence-electron chi connectivity index (χ0n) is 20.3. The highest BCUT2D eigenvalue weighted by Crippen LogP contribution is 2.25. The molecule has 0 spiro atoms. The van der Waals surface area contributed by atoms with Crippen LogP contribution in [0.3, 0.4) is 0 Å². The summed E-state index contributed by atoms with van der Waals surface area (Å²) in [6.07, 6.45) is 8.53. The lowest BCUT2D eigenvalue weighted by Gasteiger charge is -2.36. The van der Waals surface area contributed by atoms with Crippen molar-refractivity contribution in [1.82, 2.24) is 30.1 Å². The molecule has 178 valence electrons. The highest BCUT2D eigenvalue weighted by molar-refractivity contribution is 7.13. The molecule has 1 saturated heterocycles. The van der Waals surface area contributed by atoms with Crippen LogP contribution in [0.4, 0.5) is 5.95 Å². The Morgan fingerprint density at radius 1 is 1.18 bits per heavy atom. The SMILES string of the molecule is C=C/C(=C\C=C(/CC)Nc1nccc(-c2scnc2C)n1)N1CCN(C(C)=O)CC1.CNC. The van der Waals surface area contributed by atoms with Gasteiger partial charge in [-0.05, 0) is 51.7 Å². The number of thiazole rings is 1. The number of aryl methyl sites for hydroxylation is 1. The maximum absolute atomic E-state index is 11.5. The number of hydrogen-bond donors (Lipinski definition) is 2. The number of carbonyl (C=O) groups is 1. The smallest absolute Gasteiger partial charge is 0.227 e. The maximum Gasteiger partial charge on any atom is 0.227 e. The van der Waals surface area contributed by atoms with E-state index >= 15 is 0 Å². The molecule has 2 N–H and O–H groups in total. The minimum Gasteiger partial charge on any atom is -0.368 e. The molecule has 0 aromatic carbocycles. The number of rotatable bonds is 7. The van der Waals surface area contributed by atoms with E-state index < -0.39 is 0 Å². The Kier molecular flexibility index (Phi) is 10.7. The molecule has 2 aromatic heterocycles. The first-order valence-electron chi connectivity index (χ1n) is 11.1. The number of carbonyl (C=O) groups excluding carboxylic acids is 1. The number of nitrogens with one attached hydrogen (secondary N) is 2. The van der Waals surface area contributed by atoms with E-state index in [1.807, 2.05) is 49.6 Å². The molecule has 0 saturated carbocycles. The van der Waals surface area contributed by atoms with Crippen molar-refractivity contribution >= 4 is 23.2 Å². The van der Waals surface area contributed by atoms with Gasteiger partial charge in [-0.3, -0.25) is 4.79 Å². The van der Waals surface area contributed by atoms with Crippen molar-refractivity contribution < 1.29 is 4.79 Å². The minimum atomic E-state index is 0.131. The van der Waals surface area contributed by atoms with Crippen molar-refractivity contribution in [2.24, 2.45) is 0 Å². The molecule has 0 unspecified atom stereocenters. The molecule has 8 nitrogen and oxygen atoms in total. The monoisotopic (exact) mass is 469 g/mol. The summed E-state index contributed by atoms with van der Waals surface area (Å²) in [5.41, 5.74) is 5.72. The fourth-order valence-corrected chi connectivity index (χ4v) is 4.03. The average Bonchev–Trinajstić information content (AvgIpc) is 3.25. The van der Waals surface area contributed by atoms with Gasteiger partial charge in [0.05, 0.1) is 21.8 Å². The Morgan fingerprint density at radius 2 is 1.85 bits per heavy atom. The second-order valence-corrected chi connectivity index (χ2v) is 8.35. The predicted molar refractivity (Wildman–Crippen MR) is 137 cm³/mol. The molecule has 1 fully saturated rings. The number of anilines is 1. The zero-order valence-corrected chi connectivity index (χ0v) is 21.1. The van der Waals surface area contributed by atoms with Gasteiger partial charge in [-0.1, -0.05) is 13.5 Å². The molecular formula is C24H35N7OS. The van der Waals surface area contributed by atoms with Gasteiger partial charge in [0.15, 0.2) is 0 Å². The molecule has 2 aromatic rings. The van der Waals surface area contributed by atoms with Crippen LogP contribution in [0.2, 0.25) is 0 Å². The molecule has 0 radical (unpaired) electrons. The van der Waals surface area contributed by atoms with Crippen molar-refractivity contribution in [2.75, 3.05) is 45.6 Å². The van der Waals surface area contributed by atoms with Crippen LogP contribution < -0.4 is 10.6 Å². The summed E-state index contributed by atoms with van der Waals surface area (Å²) in [5.74, 6) is 0.698. The standard InChI is InChI=1S/C22H28N6OS.C2H7N/c1-5-18(7-8-19(6-2)28-13-11-27(12-14-28)17(4)29)25-22-23-10-9-20(26-22)21-16(3)24-15-30-21;1-3-2/h6-10,15H,2,5,11-14H2,1,3-4H3,(H,23,25,26);3H,1-2H3/b18-7+,19-8+;. The number of piperazine rings is 1. The largest absolute Gasteiger partial charge is 0.368 e. The molecule has 9 heteroatoms. The molecule has 0 atom stereocenters. The summed E-state index contributed by atoms with van der Waals surface area (Å²) in [4.78, 5) is 30.0. The Hall–Kier alpha value is -3.04. The van der Waals surface area contributed by atoms with Crippen molar-refractivity contribution in [2.45, 2.75) is 27.2 Å². The Balaban J connectivity index is 0.00000122. The first-order chi connectivity index (χ1) is 15.9. The summed E-state index contributed by atoms with van der Waals surface area (Å²) in [6, 6.07) is 1.90. The van der Waals surface area contributed by atoms with Gasteiger partial charge in [0.25, 0.3) is 0 Å². The van der Waals surface area contributed by atoms with Gasteiger partial charge in [-0.25, -0.2) is 15.0 Å². The van der Waals surface area contributed by atoms with Crippen molar-refractivity contribution in [3.63, 3.8) is 0 Å². The van der Waals surface area contributed by atoms with E-state index in [0.717, 1.165) is 60.3 Å². The van der Waals surface area contributed by atoms with Gasteiger partial charge in [-0.15, -0.1) is 11.3 Å². The topological polar surface area (TPSA) is 86.3 Å². The first-order valence-corrected chi connectivity index (χ1v) is 11.9. The van der Waals surface area contributed by atoms with E-state index in [0.29, 0.717) is 5.95 Å². The van der Waals surface area contributed by atoms with E-state index in [4.69, 9.17) is 0 Å². The quantitative estimate of drug-likeness (QED) is 0.598. The highest BCUT2D eigenvalue weighted by atomic mass is 32.1. The summed E-state index contributed by atoms with van der Waals surface area (Å²) in [5, 5.41) is 6.08. The van der Waals surface area contributed by atoms with E-state index in [-0.39, 0.29) is 5.91 Å². The van der Waals surface area contributed by atoms with Crippen LogP contribution in [-0.2, 0) is 4.79 Å². The molecule has 3 heterocycles. The third-order valence-electron chi connectivity index (χ3n) is 5.04. The lowest BCUT2D eigenvalue weighted by Crippen LogP contribution is -2.47. The number of aromatic nitrogens is 3. The third-order valence-corrected chi connectivity index (χ3v) is 5.99. The van der Waals surface area contributed by atoms with Crippen molar-refractivity contribution in [3.8, 4) is 10.6 Å². The molecule has 0 bridgehead atoms. The van der Waals surface area contributed by atoms with E-state index in [2.05, 4.69) is 50.1 Å². The van der Waals surface area contributed by atoms with Crippen LogP contribution >= 0.6 is 11.3 Å². The third kappa shape index (κ3) is 7.80. The van der Waals surface area contributed by atoms with Crippen LogP contribution in [0.15, 0.2) is 54.0 Å². The lowest BCUT2D eigenvalue weighted by atomic mass is 10.2. The molecule has 1 amide bonds. The second-order valence-electron chi connectivity index (χ2n) is 7.49. The molecule has 0 aliphatic carbocycles. The van der Waals surface area contributed by atoms with Crippen molar-refractivity contribution in [1.29, 1.82) is 0 Å². The average molecular weight is 470 g/mol. The predicted octanol–water partition coefficient (Wildman–Crippen LogP) is 3.68. The Labute approximate surface area is 201 Å². The van der Waals surface area contributed by atoms with Gasteiger partial charge in [0.1, 0.15) is 0 Å². The molecule has 1 aliphatic rings. The summed E-state index contributed by atoms with van der Waals surface area (Å²) >= 11 is 1.58. The van der Waals surface area contributed by atoms with E-state index in [1.54, 1.807) is 24.5 Å². The molecule has 1 aliphatic heterocycles. The Morgan fingerprint density at radius 3 is 2.39 bits per heavy atom. The van der Waals surface area contributed by atoms with Crippen LogP contribution in [0.1, 0.15) is 26.0 Å².